The number of aliphatic hydroxyl groups is 2. The zero-order valence-corrected chi connectivity index (χ0v) is 18.3. The molecule has 166 valence electrons. The summed E-state index contributed by atoms with van der Waals surface area (Å²) in [7, 11) is 3.26. The number of benzene rings is 2. The molecular formula is C24H34O6. The largest absolute Gasteiger partial charge is 0.497 e. The molecule has 0 bridgehead atoms. The van der Waals surface area contributed by atoms with Gasteiger partial charge in [-0.05, 0) is 35.4 Å². The monoisotopic (exact) mass is 418 g/mol. The summed E-state index contributed by atoms with van der Waals surface area (Å²) in [4.78, 5) is 0. The summed E-state index contributed by atoms with van der Waals surface area (Å²) in [6.45, 7) is 5.32. The first-order valence-corrected chi connectivity index (χ1v) is 10.2. The van der Waals surface area contributed by atoms with E-state index < -0.39 is 12.2 Å². The Bertz CT molecular complexity index is 652. The molecule has 2 aromatic carbocycles. The van der Waals surface area contributed by atoms with Crippen LogP contribution in [0.15, 0.2) is 48.5 Å². The molecule has 2 aromatic rings. The van der Waals surface area contributed by atoms with Crippen LogP contribution in [0.25, 0.3) is 0 Å². The van der Waals surface area contributed by atoms with Crippen LogP contribution in [0, 0.1) is 11.8 Å². The Morgan fingerprint density at radius 1 is 0.633 bits per heavy atom. The maximum atomic E-state index is 10.5. The van der Waals surface area contributed by atoms with E-state index in [0.29, 0.717) is 26.4 Å². The predicted octanol–water partition coefficient (Wildman–Crippen LogP) is 3.43. The van der Waals surface area contributed by atoms with E-state index in [1.807, 2.05) is 62.4 Å². The first-order valence-electron chi connectivity index (χ1n) is 10.2. The van der Waals surface area contributed by atoms with Gasteiger partial charge in [0.1, 0.15) is 11.5 Å². The highest BCUT2D eigenvalue weighted by Gasteiger charge is 2.27. The summed E-state index contributed by atoms with van der Waals surface area (Å²) >= 11 is 0. The number of rotatable bonds is 13. The van der Waals surface area contributed by atoms with Crippen LogP contribution in [0.1, 0.15) is 25.0 Å². The van der Waals surface area contributed by atoms with Crippen molar-refractivity contribution in [2.24, 2.45) is 11.8 Å². The first-order chi connectivity index (χ1) is 14.4. The van der Waals surface area contributed by atoms with Crippen LogP contribution >= 0.6 is 0 Å². The number of methoxy groups -OCH3 is 2. The van der Waals surface area contributed by atoms with Gasteiger partial charge in [-0.15, -0.1) is 0 Å². The Morgan fingerprint density at radius 3 is 1.27 bits per heavy atom. The van der Waals surface area contributed by atoms with E-state index in [4.69, 9.17) is 18.9 Å². The summed E-state index contributed by atoms with van der Waals surface area (Å²) < 4.78 is 21.7. The summed E-state index contributed by atoms with van der Waals surface area (Å²) in [5, 5.41) is 21.0. The highest BCUT2D eigenvalue weighted by Crippen LogP contribution is 2.18. The fourth-order valence-corrected chi connectivity index (χ4v) is 3.04. The van der Waals surface area contributed by atoms with E-state index in [1.165, 1.54) is 0 Å². The number of aliphatic hydroxyl groups excluding tert-OH is 2. The SMILES string of the molecule is COc1ccc(COC[C@@H](C)[C@H](O)[C@@H](O)[C@H](C)COCc2ccc(OC)cc2)cc1. The normalized spacial score (nSPS) is 15.3. The zero-order chi connectivity index (χ0) is 21.9. The first kappa shape index (κ1) is 24.2. The molecule has 0 heterocycles. The Kier molecular flexibility index (Phi) is 10.1. The van der Waals surface area contributed by atoms with Gasteiger partial charge in [0.2, 0.25) is 0 Å². The number of hydrogen-bond donors (Lipinski definition) is 2. The van der Waals surface area contributed by atoms with E-state index in [2.05, 4.69) is 0 Å². The molecule has 0 saturated heterocycles. The molecule has 0 fully saturated rings. The molecule has 30 heavy (non-hydrogen) atoms. The third kappa shape index (κ3) is 7.61. The van der Waals surface area contributed by atoms with Crippen molar-refractivity contribution in [2.45, 2.75) is 39.3 Å². The molecule has 0 aliphatic rings. The van der Waals surface area contributed by atoms with Crippen molar-refractivity contribution in [1.29, 1.82) is 0 Å². The van der Waals surface area contributed by atoms with E-state index in [-0.39, 0.29) is 11.8 Å². The second-order valence-electron chi connectivity index (χ2n) is 7.66. The third-order valence-electron chi connectivity index (χ3n) is 5.13. The van der Waals surface area contributed by atoms with Crippen LogP contribution in [-0.2, 0) is 22.7 Å². The van der Waals surface area contributed by atoms with Crippen molar-refractivity contribution in [2.75, 3.05) is 27.4 Å². The van der Waals surface area contributed by atoms with Gasteiger partial charge in [0.05, 0.1) is 52.9 Å². The van der Waals surface area contributed by atoms with E-state index >= 15 is 0 Å². The molecule has 2 N–H and O–H groups in total. The van der Waals surface area contributed by atoms with Crippen LogP contribution in [0.3, 0.4) is 0 Å². The smallest absolute Gasteiger partial charge is 0.118 e. The average Bonchev–Trinajstić information content (AvgIpc) is 2.78. The molecular weight excluding hydrogens is 384 g/mol. The molecule has 0 aliphatic heterocycles. The lowest BCUT2D eigenvalue weighted by molar-refractivity contribution is -0.0770. The summed E-state index contributed by atoms with van der Waals surface area (Å²) in [6, 6.07) is 15.3. The lowest BCUT2D eigenvalue weighted by Crippen LogP contribution is -2.40. The minimum absolute atomic E-state index is 0.206. The van der Waals surface area contributed by atoms with E-state index in [1.54, 1.807) is 14.2 Å². The highest BCUT2D eigenvalue weighted by molar-refractivity contribution is 5.27. The molecule has 0 spiro atoms. The molecule has 0 saturated carbocycles. The van der Waals surface area contributed by atoms with Gasteiger partial charge in [0.25, 0.3) is 0 Å². The average molecular weight is 419 g/mol. The quantitative estimate of drug-likeness (QED) is 0.519. The Labute approximate surface area is 179 Å². The minimum atomic E-state index is -0.888. The summed E-state index contributed by atoms with van der Waals surface area (Å²) in [5.41, 5.74) is 2.05. The van der Waals surface area contributed by atoms with E-state index in [0.717, 1.165) is 22.6 Å². The van der Waals surface area contributed by atoms with Crippen molar-refractivity contribution < 1.29 is 29.2 Å². The van der Waals surface area contributed by atoms with Crippen LogP contribution in [0.4, 0.5) is 0 Å². The molecule has 6 nitrogen and oxygen atoms in total. The van der Waals surface area contributed by atoms with Gasteiger partial charge in [-0.25, -0.2) is 0 Å². The van der Waals surface area contributed by atoms with Gasteiger partial charge in [-0.1, -0.05) is 38.1 Å². The molecule has 4 atom stereocenters. The van der Waals surface area contributed by atoms with Gasteiger partial charge < -0.3 is 29.2 Å². The van der Waals surface area contributed by atoms with Crippen LogP contribution < -0.4 is 9.47 Å². The molecule has 0 aromatic heterocycles. The maximum Gasteiger partial charge on any atom is 0.118 e. The van der Waals surface area contributed by atoms with Crippen molar-refractivity contribution in [3.05, 3.63) is 59.7 Å². The third-order valence-corrected chi connectivity index (χ3v) is 5.13. The lowest BCUT2D eigenvalue weighted by atomic mass is 9.92. The van der Waals surface area contributed by atoms with Gasteiger partial charge in [0.15, 0.2) is 0 Å². The van der Waals surface area contributed by atoms with Gasteiger partial charge >= 0.3 is 0 Å². The predicted molar refractivity (Wildman–Crippen MR) is 116 cm³/mol. The standard InChI is InChI=1S/C24H34O6/c1-17(13-29-15-19-5-9-21(27-3)10-6-19)23(25)24(26)18(2)14-30-16-20-7-11-22(28-4)12-8-20/h5-12,17-18,23-26H,13-16H2,1-4H3/t17-,18-,23+,24+/m1/s1. The van der Waals surface area contributed by atoms with Crippen LogP contribution in [0.5, 0.6) is 11.5 Å². The Hall–Kier alpha value is -2.12. The van der Waals surface area contributed by atoms with Gasteiger partial charge in [-0.2, -0.15) is 0 Å². The van der Waals surface area contributed by atoms with Crippen molar-refractivity contribution in [3.8, 4) is 11.5 Å². The Morgan fingerprint density at radius 2 is 0.967 bits per heavy atom. The minimum Gasteiger partial charge on any atom is -0.497 e. The second-order valence-corrected chi connectivity index (χ2v) is 7.66. The van der Waals surface area contributed by atoms with E-state index in [9.17, 15) is 10.2 Å². The number of ether oxygens (including phenoxy) is 4. The molecule has 0 amide bonds. The molecule has 6 heteroatoms. The van der Waals surface area contributed by atoms with Crippen LogP contribution in [0.2, 0.25) is 0 Å². The molecule has 2 rings (SSSR count). The zero-order valence-electron chi connectivity index (χ0n) is 18.3. The fourth-order valence-electron chi connectivity index (χ4n) is 3.04. The van der Waals surface area contributed by atoms with Crippen molar-refractivity contribution >= 4 is 0 Å². The molecule has 0 aliphatic carbocycles. The highest BCUT2D eigenvalue weighted by atomic mass is 16.5. The van der Waals surface area contributed by atoms with Gasteiger partial charge in [-0.3, -0.25) is 0 Å². The lowest BCUT2D eigenvalue weighted by Gasteiger charge is -2.28. The molecule has 0 unspecified atom stereocenters. The fraction of sp³-hybridized carbons (Fsp3) is 0.500. The van der Waals surface area contributed by atoms with Crippen molar-refractivity contribution in [1.82, 2.24) is 0 Å². The summed E-state index contributed by atoms with van der Waals surface area (Å²) in [5.74, 6) is 1.19. The van der Waals surface area contributed by atoms with Gasteiger partial charge in [0, 0.05) is 11.8 Å². The van der Waals surface area contributed by atoms with Crippen LogP contribution in [-0.4, -0.2) is 49.9 Å². The molecule has 0 radical (unpaired) electrons. The number of hydrogen-bond acceptors (Lipinski definition) is 6. The summed E-state index contributed by atoms with van der Waals surface area (Å²) in [6.07, 6.45) is -1.78. The van der Waals surface area contributed by atoms with Crippen molar-refractivity contribution in [3.63, 3.8) is 0 Å². The second kappa shape index (κ2) is 12.5. The Balaban J connectivity index is 1.69. The maximum absolute atomic E-state index is 10.5. The topological polar surface area (TPSA) is 77.4 Å².